The quantitative estimate of drug-likeness (QED) is 0.0222. The van der Waals surface area contributed by atoms with Crippen LogP contribution in [0.25, 0.3) is 0 Å². The summed E-state index contributed by atoms with van der Waals surface area (Å²) in [5.74, 6) is -0.637. The zero-order valence-corrected chi connectivity index (χ0v) is 68.7. The molecule has 0 radical (unpaired) electrons. The van der Waals surface area contributed by atoms with Crippen LogP contribution in [0.15, 0.2) is 0 Å². The van der Waals surface area contributed by atoms with Gasteiger partial charge in [0.25, 0.3) is 0 Å². The van der Waals surface area contributed by atoms with Crippen molar-refractivity contribution in [3.63, 3.8) is 0 Å². The van der Waals surface area contributed by atoms with Crippen molar-refractivity contribution in [3.05, 3.63) is 0 Å². The predicted molar refractivity (Wildman–Crippen MR) is 418 cm³/mol. The zero-order valence-electron chi connectivity index (χ0n) is 66.9. The molecule has 2 unspecified atom stereocenters. The van der Waals surface area contributed by atoms with E-state index in [1.54, 1.807) is 0 Å². The lowest BCUT2D eigenvalue weighted by atomic mass is 10.0. The maximum atomic E-state index is 13.1. The second-order valence-electron chi connectivity index (χ2n) is 30.8. The van der Waals surface area contributed by atoms with E-state index in [9.17, 15) is 43.2 Å². The Labute approximate surface area is 626 Å². The summed E-state index contributed by atoms with van der Waals surface area (Å²) >= 11 is 0. The summed E-state index contributed by atoms with van der Waals surface area (Å²) in [7, 11) is -9.92. The maximum absolute atomic E-state index is 13.1. The molecular formula is C83H162O17P2. The third-order valence-electron chi connectivity index (χ3n) is 19.5. The zero-order chi connectivity index (χ0) is 74.9. The molecule has 0 bridgehead atoms. The van der Waals surface area contributed by atoms with Crippen LogP contribution in [0, 0.1) is 11.8 Å². The minimum atomic E-state index is -4.96. The van der Waals surface area contributed by atoms with Crippen molar-refractivity contribution in [1.82, 2.24) is 0 Å². The van der Waals surface area contributed by atoms with E-state index < -0.39 is 97.5 Å². The number of unbranched alkanes of at least 4 members (excludes halogenated alkanes) is 52. The van der Waals surface area contributed by atoms with Crippen LogP contribution in [0.1, 0.15) is 440 Å². The van der Waals surface area contributed by atoms with Gasteiger partial charge in [0.15, 0.2) is 12.2 Å². The molecule has 17 nitrogen and oxygen atoms in total. The number of carbonyl (C=O) groups excluding carboxylic acids is 4. The topological polar surface area (TPSA) is 237 Å². The summed E-state index contributed by atoms with van der Waals surface area (Å²) < 4.78 is 68.8. The lowest BCUT2D eigenvalue weighted by Gasteiger charge is -2.21. The Bertz CT molecular complexity index is 1960. The van der Waals surface area contributed by atoms with Gasteiger partial charge in [-0.3, -0.25) is 37.3 Å². The third kappa shape index (κ3) is 76.3. The highest BCUT2D eigenvalue weighted by Crippen LogP contribution is 2.45. The molecular weight excluding hydrogens is 1330 g/mol. The molecule has 19 heteroatoms. The molecule has 0 aromatic rings. The molecule has 0 aromatic heterocycles. The number of rotatable bonds is 82. The summed E-state index contributed by atoms with van der Waals surface area (Å²) in [4.78, 5) is 73.1. The van der Waals surface area contributed by atoms with Gasteiger partial charge in [0.2, 0.25) is 0 Å². The number of phosphoric acid groups is 2. The van der Waals surface area contributed by atoms with Gasteiger partial charge in [-0.05, 0) is 37.5 Å². The molecule has 0 heterocycles. The first-order valence-corrected chi connectivity index (χ1v) is 46.0. The largest absolute Gasteiger partial charge is 0.472 e. The van der Waals surface area contributed by atoms with Gasteiger partial charge in [-0.1, -0.05) is 388 Å². The van der Waals surface area contributed by atoms with Gasteiger partial charge in [0.05, 0.1) is 26.4 Å². The highest BCUT2D eigenvalue weighted by molar-refractivity contribution is 7.47. The van der Waals surface area contributed by atoms with Crippen LogP contribution in [-0.2, 0) is 65.4 Å². The minimum absolute atomic E-state index is 0.106. The Morgan fingerprint density at radius 3 is 0.667 bits per heavy atom. The van der Waals surface area contributed by atoms with Crippen LogP contribution < -0.4 is 0 Å². The van der Waals surface area contributed by atoms with E-state index >= 15 is 0 Å². The van der Waals surface area contributed by atoms with Gasteiger partial charge in [-0.15, -0.1) is 0 Å². The first-order chi connectivity index (χ1) is 49.4. The van der Waals surface area contributed by atoms with Crippen LogP contribution in [0.5, 0.6) is 0 Å². The molecule has 0 spiro atoms. The van der Waals surface area contributed by atoms with Crippen molar-refractivity contribution in [2.45, 2.75) is 458 Å². The smallest absolute Gasteiger partial charge is 0.462 e. The predicted octanol–water partition coefficient (Wildman–Crippen LogP) is 25.1. The van der Waals surface area contributed by atoms with E-state index in [1.165, 1.54) is 250 Å². The van der Waals surface area contributed by atoms with Crippen LogP contribution in [0.3, 0.4) is 0 Å². The van der Waals surface area contributed by atoms with E-state index in [4.69, 9.17) is 37.0 Å². The average molecular weight is 1490 g/mol. The fourth-order valence-corrected chi connectivity index (χ4v) is 14.5. The van der Waals surface area contributed by atoms with Crippen molar-refractivity contribution in [2.75, 3.05) is 39.6 Å². The number of phosphoric ester groups is 2. The molecule has 0 aromatic carbocycles. The van der Waals surface area contributed by atoms with E-state index in [0.29, 0.717) is 31.6 Å². The molecule has 0 rings (SSSR count). The lowest BCUT2D eigenvalue weighted by molar-refractivity contribution is -0.161. The van der Waals surface area contributed by atoms with Gasteiger partial charge in [-0.2, -0.15) is 0 Å². The Hall–Kier alpha value is -1.94. The molecule has 5 atom stereocenters. The molecule has 0 amide bonds. The Morgan fingerprint density at radius 1 is 0.265 bits per heavy atom. The highest BCUT2D eigenvalue weighted by Gasteiger charge is 2.30. The monoisotopic (exact) mass is 1490 g/mol. The van der Waals surface area contributed by atoms with Gasteiger partial charge < -0.3 is 33.8 Å². The molecule has 0 saturated carbocycles. The molecule has 0 aliphatic heterocycles. The Kier molecular flexibility index (Phi) is 73.1. The normalized spacial score (nSPS) is 13.9. The first kappa shape index (κ1) is 100. The average Bonchev–Trinajstić information content (AvgIpc) is 0.907. The molecule has 606 valence electrons. The standard InChI is InChI=1S/C83H162O17P2/c1-7-9-11-13-15-17-19-21-23-25-27-29-31-33-37-41-47-53-59-65-80(85)93-71-78(99-82(87)67-61-55-48-42-38-34-32-30-28-26-24-22-20-18-16-14-12-10-8-2)73-97-101(89,90)95-69-77(84)70-96-102(91,92)98-74-79(72-94-81(86)66-60-54-50-44-46-52-58-64-76(5)6)100-83(88)68-62-56-49-43-39-35-36-40-45-51-57-63-75(3)4/h75-79,84H,7-74H2,1-6H3,(H,89,90)(H,91,92)/t77-,78-,79-/m1/s1. The van der Waals surface area contributed by atoms with Crippen molar-refractivity contribution >= 4 is 39.5 Å². The molecule has 3 N–H and O–H groups in total. The van der Waals surface area contributed by atoms with Gasteiger partial charge in [-0.25, -0.2) is 9.13 Å². The SMILES string of the molecule is CCCCCCCCCCCCCCCCCCCCCC(=O)OC[C@H](COP(=O)(O)OC[C@@H](O)COP(=O)(O)OC[C@@H](COC(=O)CCCCCCCCCC(C)C)OC(=O)CCCCCCCCCCCCCC(C)C)OC(=O)CCCCCCCCCCCCCCCCCCCCC. The lowest BCUT2D eigenvalue weighted by Crippen LogP contribution is -2.30. The molecule has 0 aliphatic carbocycles. The number of hydrogen-bond acceptors (Lipinski definition) is 15. The summed E-state index contributed by atoms with van der Waals surface area (Å²) in [6.07, 6.45) is 65.4. The fraction of sp³-hybridized carbons (Fsp3) is 0.952. The summed E-state index contributed by atoms with van der Waals surface area (Å²) in [5.41, 5.74) is 0. The van der Waals surface area contributed by atoms with E-state index in [1.807, 2.05) is 0 Å². The molecule has 102 heavy (non-hydrogen) atoms. The van der Waals surface area contributed by atoms with Crippen LogP contribution in [-0.4, -0.2) is 96.7 Å². The van der Waals surface area contributed by atoms with Crippen molar-refractivity contribution in [2.24, 2.45) is 11.8 Å². The highest BCUT2D eigenvalue weighted by atomic mass is 31.2. The van der Waals surface area contributed by atoms with Gasteiger partial charge in [0.1, 0.15) is 19.3 Å². The molecule has 0 saturated heterocycles. The number of esters is 4. The van der Waals surface area contributed by atoms with Gasteiger partial charge in [0, 0.05) is 25.7 Å². The Balaban J connectivity index is 5.23. The van der Waals surface area contributed by atoms with Crippen molar-refractivity contribution in [3.8, 4) is 0 Å². The number of ether oxygens (including phenoxy) is 4. The van der Waals surface area contributed by atoms with Crippen LogP contribution >= 0.6 is 15.6 Å². The summed E-state index contributed by atoms with van der Waals surface area (Å²) in [6.45, 7) is 9.59. The molecule has 0 fully saturated rings. The maximum Gasteiger partial charge on any atom is 0.472 e. The van der Waals surface area contributed by atoms with E-state index in [2.05, 4.69) is 41.5 Å². The third-order valence-corrected chi connectivity index (χ3v) is 21.4. The second kappa shape index (κ2) is 74.5. The Morgan fingerprint density at radius 2 is 0.451 bits per heavy atom. The van der Waals surface area contributed by atoms with E-state index in [-0.39, 0.29) is 25.7 Å². The summed E-state index contributed by atoms with van der Waals surface area (Å²) in [6, 6.07) is 0. The summed E-state index contributed by atoms with van der Waals surface area (Å²) in [5, 5.41) is 10.7. The van der Waals surface area contributed by atoms with Crippen LogP contribution in [0.2, 0.25) is 0 Å². The number of hydrogen-bond donors (Lipinski definition) is 3. The van der Waals surface area contributed by atoms with E-state index in [0.717, 1.165) is 102 Å². The van der Waals surface area contributed by atoms with Gasteiger partial charge >= 0.3 is 39.5 Å². The first-order valence-electron chi connectivity index (χ1n) is 43.0. The number of aliphatic hydroxyl groups excluding tert-OH is 1. The second-order valence-corrected chi connectivity index (χ2v) is 33.7. The van der Waals surface area contributed by atoms with Crippen LogP contribution in [0.4, 0.5) is 0 Å². The molecule has 0 aliphatic rings. The van der Waals surface area contributed by atoms with Crippen molar-refractivity contribution < 1.29 is 80.2 Å². The number of carbonyl (C=O) groups is 4. The van der Waals surface area contributed by atoms with Crippen molar-refractivity contribution in [1.29, 1.82) is 0 Å². The number of aliphatic hydroxyl groups is 1. The fourth-order valence-electron chi connectivity index (χ4n) is 12.9. The minimum Gasteiger partial charge on any atom is -0.462 e.